The lowest BCUT2D eigenvalue weighted by Gasteiger charge is -2.14. The summed E-state index contributed by atoms with van der Waals surface area (Å²) in [5.74, 6) is 0.498. The Balaban J connectivity index is 2.18. The Morgan fingerprint density at radius 1 is 1.25 bits per heavy atom. The number of rotatable bonds is 7. The Morgan fingerprint density at radius 3 is 2.71 bits per heavy atom. The van der Waals surface area contributed by atoms with Crippen LogP contribution >= 0.6 is 0 Å². The highest BCUT2D eigenvalue weighted by molar-refractivity contribution is 6.03. The van der Waals surface area contributed by atoms with Gasteiger partial charge in [0.1, 0.15) is 5.69 Å². The molecule has 0 aliphatic rings. The molecule has 0 spiro atoms. The van der Waals surface area contributed by atoms with Gasteiger partial charge in [0.15, 0.2) is 0 Å². The summed E-state index contributed by atoms with van der Waals surface area (Å²) in [7, 11) is 1.63. The molecule has 0 atom stereocenters. The van der Waals surface area contributed by atoms with Gasteiger partial charge in [0, 0.05) is 25.0 Å². The number of carbonyl (C=O) groups is 1. The Bertz CT molecular complexity index is 701. The first-order valence-electron chi connectivity index (χ1n) is 8.00. The molecule has 1 aromatic carbocycles. The summed E-state index contributed by atoms with van der Waals surface area (Å²) in [5.41, 5.74) is 2.96. The molecule has 0 aliphatic carbocycles. The third-order valence-electron chi connectivity index (χ3n) is 3.51. The first kappa shape index (κ1) is 17.9. The number of aryl methyl sites for hydroxylation is 1. The molecular formula is C18H24N4O2. The number of nitrogens with one attached hydrogen (secondary N) is 2. The second-order valence-corrected chi connectivity index (χ2v) is 5.83. The second-order valence-electron chi connectivity index (χ2n) is 5.83. The molecule has 1 aromatic heterocycles. The average Bonchev–Trinajstić information content (AvgIpc) is 2.55. The van der Waals surface area contributed by atoms with Crippen molar-refractivity contribution in [3.8, 4) is 0 Å². The summed E-state index contributed by atoms with van der Waals surface area (Å²) in [6, 6.07) is 9.47. The van der Waals surface area contributed by atoms with E-state index in [-0.39, 0.29) is 5.91 Å². The molecule has 0 unspecified atom stereocenters. The quantitative estimate of drug-likeness (QED) is 0.763. The number of amides is 1. The van der Waals surface area contributed by atoms with Gasteiger partial charge in [0.2, 0.25) is 5.95 Å². The number of ether oxygens (including phenoxy) is 1. The van der Waals surface area contributed by atoms with E-state index in [4.69, 9.17) is 4.74 Å². The first-order valence-corrected chi connectivity index (χ1v) is 8.00. The van der Waals surface area contributed by atoms with Crippen molar-refractivity contribution in [1.29, 1.82) is 0 Å². The van der Waals surface area contributed by atoms with E-state index in [0.29, 0.717) is 30.7 Å². The van der Waals surface area contributed by atoms with Gasteiger partial charge in [-0.05, 0) is 30.5 Å². The van der Waals surface area contributed by atoms with Crippen LogP contribution in [0.15, 0.2) is 30.3 Å². The van der Waals surface area contributed by atoms with Crippen molar-refractivity contribution < 1.29 is 9.53 Å². The molecule has 6 heteroatoms. The highest BCUT2D eigenvalue weighted by Gasteiger charge is 2.13. The summed E-state index contributed by atoms with van der Waals surface area (Å²) in [6.45, 7) is 7.15. The zero-order valence-electron chi connectivity index (χ0n) is 14.6. The van der Waals surface area contributed by atoms with E-state index >= 15 is 0 Å². The maximum Gasteiger partial charge on any atom is 0.274 e. The molecule has 2 N–H and O–H groups in total. The average molecular weight is 328 g/mol. The number of aromatic nitrogens is 2. The minimum Gasteiger partial charge on any atom is -0.383 e. The normalized spacial score (nSPS) is 10.7. The van der Waals surface area contributed by atoms with E-state index in [0.717, 1.165) is 16.9 Å². The van der Waals surface area contributed by atoms with E-state index < -0.39 is 0 Å². The smallest absolute Gasteiger partial charge is 0.274 e. The van der Waals surface area contributed by atoms with Crippen molar-refractivity contribution in [3.63, 3.8) is 0 Å². The van der Waals surface area contributed by atoms with Crippen LogP contribution in [0.4, 0.5) is 11.6 Å². The van der Waals surface area contributed by atoms with Crippen LogP contribution in [0, 0.1) is 6.92 Å². The van der Waals surface area contributed by atoms with Gasteiger partial charge in [-0.25, -0.2) is 9.97 Å². The third kappa shape index (κ3) is 4.76. The predicted molar refractivity (Wildman–Crippen MR) is 95.6 cm³/mol. The SMILES string of the molecule is COCCNc1nc(C)cc(C(=O)Nc2ccccc2C(C)C)n1. The van der Waals surface area contributed by atoms with E-state index in [1.165, 1.54) is 0 Å². The van der Waals surface area contributed by atoms with Crippen LogP contribution in [-0.2, 0) is 4.74 Å². The minimum absolute atomic E-state index is 0.247. The largest absolute Gasteiger partial charge is 0.383 e. The van der Waals surface area contributed by atoms with Crippen LogP contribution in [-0.4, -0.2) is 36.1 Å². The number of methoxy groups -OCH3 is 1. The fraction of sp³-hybridized carbons (Fsp3) is 0.389. The topological polar surface area (TPSA) is 76.1 Å². The van der Waals surface area contributed by atoms with Gasteiger partial charge in [-0.3, -0.25) is 4.79 Å². The number of benzene rings is 1. The lowest BCUT2D eigenvalue weighted by molar-refractivity contribution is 0.102. The summed E-state index contributed by atoms with van der Waals surface area (Å²) in [6.07, 6.45) is 0. The molecule has 0 aliphatic heterocycles. The molecule has 24 heavy (non-hydrogen) atoms. The zero-order chi connectivity index (χ0) is 17.5. The lowest BCUT2D eigenvalue weighted by atomic mass is 10.0. The standard InChI is InChI=1S/C18H24N4O2/c1-12(2)14-7-5-6-8-15(14)21-17(23)16-11-13(3)20-18(22-16)19-9-10-24-4/h5-8,11-12H,9-10H2,1-4H3,(H,21,23)(H,19,20,22). The van der Waals surface area contributed by atoms with E-state index in [1.54, 1.807) is 13.2 Å². The molecule has 0 fully saturated rings. The van der Waals surface area contributed by atoms with Crippen LogP contribution in [0.5, 0.6) is 0 Å². The lowest BCUT2D eigenvalue weighted by Crippen LogP contribution is -2.18. The van der Waals surface area contributed by atoms with Crippen molar-refractivity contribution in [2.24, 2.45) is 0 Å². The third-order valence-corrected chi connectivity index (χ3v) is 3.51. The Labute approximate surface area is 142 Å². The predicted octanol–water partition coefficient (Wildman–Crippen LogP) is 3.22. The molecule has 0 radical (unpaired) electrons. The Kier molecular flexibility index (Phi) is 6.26. The molecule has 0 bridgehead atoms. The van der Waals surface area contributed by atoms with Crippen LogP contribution in [0.1, 0.15) is 41.5 Å². The molecule has 1 amide bonds. The van der Waals surface area contributed by atoms with Crippen LogP contribution in [0.2, 0.25) is 0 Å². The summed E-state index contributed by atoms with van der Waals surface area (Å²) >= 11 is 0. The molecule has 6 nitrogen and oxygen atoms in total. The van der Waals surface area contributed by atoms with Gasteiger partial charge >= 0.3 is 0 Å². The van der Waals surface area contributed by atoms with Gasteiger partial charge in [-0.2, -0.15) is 0 Å². The number of para-hydroxylation sites is 1. The Hall–Kier alpha value is -2.47. The number of nitrogens with zero attached hydrogens (tertiary/aromatic N) is 2. The van der Waals surface area contributed by atoms with Crippen molar-refractivity contribution in [1.82, 2.24) is 9.97 Å². The first-order chi connectivity index (χ1) is 11.5. The summed E-state index contributed by atoms with van der Waals surface area (Å²) in [5, 5.41) is 6.00. The van der Waals surface area contributed by atoms with Gasteiger partial charge in [0.05, 0.1) is 6.61 Å². The van der Waals surface area contributed by atoms with Crippen molar-refractivity contribution in [2.75, 3.05) is 30.9 Å². The van der Waals surface area contributed by atoms with E-state index in [2.05, 4.69) is 34.4 Å². The fourth-order valence-electron chi connectivity index (χ4n) is 2.33. The molecule has 0 saturated carbocycles. The van der Waals surface area contributed by atoms with Gasteiger partial charge < -0.3 is 15.4 Å². The monoisotopic (exact) mass is 328 g/mol. The molecular weight excluding hydrogens is 304 g/mol. The molecule has 2 rings (SSSR count). The summed E-state index contributed by atoms with van der Waals surface area (Å²) in [4.78, 5) is 21.1. The van der Waals surface area contributed by atoms with Crippen molar-refractivity contribution in [2.45, 2.75) is 26.7 Å². The van der Waals surface area contributed by atoms with E-state index in [9.17, 15) is 4.79 Å². The van der Waals surface area contributed by atoms with Gasteiger partial charge in [-0.1, -0.05) is 32.0 Å². The van der Waals surface area contributed by atoms with Gasteiger partial charge in [-0.15, -0.1) is 0 Å². The molecule has 128 valence electrons. The zero-order valence-corrected chi connectivity index (χ0v) is 14.6. The second kappa shape index (κ2) is 8.40. The van der Waals surface area contributed by atoms with Crippen molar-refractivity contribution in [3.05, 3.63) is 47.3 Å². The fourth-order valence-corrected chi connectivity index (χ4v) is 2.33. The number of hydrogen-bond acceptors (Lipinski definition) is 5. The highest BCUT2D eigenvalue weighted by atomic mass is 16.5. The molecule has 1 heterocycles. The number of hydrogen-bond donors (Lipinski definition) is 2. The summed E-state index contributed by atoms with van der Waals surface area (Å²) < 4.78 is 4.99. The number of anilines is 2. The van der Waals surface area contributed by atoms with Crippen LogP contribution in [0.3, 0.4) is 0 Å². The maximum atomic E-state index is 12.6. The minimum atomic E-state index is -0.247. The maximum absolute atomic E-state index is 12.6. The molecule has 2 aromatic rings. The van der Waals surface area contributed by atoms with Gasteiger partial charge in [0.25, 0.3) is 5.91 Å². The van der Waals surface area contributed by atoms with E-state index in [1.807, 2.05) is 31.2 Å². The Morgan fingerprint density at radius 2 is 2.00 bits per heavy atom. The molecule has 0 saturated heterocycles. The number of carbonyl (C=O) groups excluding carboxylic acids is 1. The van der Waals surface area contributed by atoms with Crippen LogP contribution in [0.25, 0.3) is 0 Å². The van der Waals surface area contributed by atoms with Crippen LogP contribution < -0.4 is 10.6 Å². The highest BCUT2D eigenvalue weighted by Crippen LogP contribution is 2.24. The van der Waals surface area contributed by atoms with Crippen molar-refractivity contribution >= 4 is 17.5 Å².